The molecule has 17 heavy (non-hydrogen) atoms. The monoisotopic (exact) mass is 233 g/mol. The molecule has 0 spiro atoms. The molecule has 1 N–H and O–H groups in total. The smallest absolute Gasteiger partial charge is 0.0994 e. The molecule has 0 amide bonds. The van der Waals surface area contributed by atoms with E-state index in [1.807, 2.05) is 37.3 Å². The average Bonchev–Trinajstić information content (AvgIpc) is 3.13. The molecule has 1 aromatic carbocycles. The molecule has 0 heterocycles. The molecule has 94 valence electrons. The van der Waals surface area contributed by atoms with Gasteiger partial charge in [-0.05, 0) is 37.8 Å². The van der Waals surface area contributed by atoms with E-state index in [2.05, 4.69) is 11.8 Å². The van der Waals surface area contributed by atoms with Crippen LogP contribution in [0.5, 0.6) is 0 Å². The molecule has 2 heteroatoms. The lowest BCUT2D eigenvalue weighted by Gasteiger charge is -2.31. The number of aliphatic hydroxyl groups is 1. The predicted molar refractivity (Wildman–Crippen MR) is 70.9 cm³/mol. The van der Waals surface area contributed by atoms with Gasteiger partial charge in [-0.1, -0.05) is 37.3 Å². The first kappa shape index (κ1) is 12.6. The molecule has 1 aliphatic carbocycles. The molecule has 0 radical (unpaired) electrons. The van der Waals surface area contributed by atoms with E-state index in [1.165, 1.54) is 12.8 Å². The molecular formula is C15H23NO. The Morgan fingerprint density at radius 3 is 2.47 bits per heavy atom. The zero-order valence-electron chi connectivity index (χ0n) is 10.9. The normalized spacial score (nSPS) is 19.3. The first-order valence-electron chi connectivity index (χ1n) is 6.62. The third-order valence-electron chi connectivity index (χ3n) is 3.59. The van der Waals surface area contributed by atoms with Crippen LogP contribution < -0.4 is 0 Å². The van der Waals surface area contributed by atoms with Crippen molar-refractivity contribution < 1.29 is 5.11 Å². The summed E-state index contributed by atoms with van der Waals surface area (Å²) in [6.07, 6.45) is 2.73. The van der Waals surface area contributed by atoms with Crippen molar-refractivity contribution >= 4 is 0 Å². The summed E-state index contributed by atoms with van der Waals surface area (Å²) in [7, 11) is 0. The molecule has 0 aromatic heterocycles. The van der Waals surface area contributed by atoms with Crippen molar-refractivity contribution in [3.8, 4) is 0 Å². The molecule has 1 aromatic rings. The van der Waals surface area contributed by atoms with Crippen LogP contribution in [0.2, 0.25) is 0 Å². The summed E-state index contributed by atoms with van der Waals surface area (Å²) in [4.78, 5) is 2.37. The van der Waals surface area contributed by atoms with Crippen LogP contribution in [0.3, 0.4) is 0 Å². The zero-order valence-corrected chi connectivity index (χ0v) is 10.9. The van der Waals surface area contributed by atoms with Gasteiger partial charge in [0.15, 0.2) is 0 Å². The molecule has 0 aliphatic heterocycles. The first-order valence-corrected chi connectivity index (χ1v) is 6.62. The van der Waals surface area contributed by atoms with E-state index < -0.39 is 5.60 Å². The van der Waals surface area contributed by atoms with Gasteiger partial charge < -0.3 is 10.0 Å². The fraction of sp³-hybridized carbons (Fsp3) is 0.600. The Morgan fingerprint density at radius 2 is 1.94 bits per heavy atom. The molecule has 1 saturated carbocycles. The van der Waals surface area contributed by atoms with Crippen LogP contribution in [-0.2, 0) is 5.60 Å². The number of benzene rings is 1. The molecule has 1 unspecified atom stereocenters. The van der Waals surface area contributed by atoms with Crippen molar-refractivity contribution in [3.63, 3.8) is 0 Å². The summed E-state index contributed by atoms with van der Waals surface area (Å²) in [5.74, 6) is 0.876. The van der Waals surface area contributed by atoms with Crippen LogP contribution in [0.15, 0.2) is 30.3 Å². The van der Waals surface area contributed by atoms with E-state index in [0.717, 1.165) is 31.1 Å². The molecule has 1 atom stereocenters. The second-order valence-corrected chi connectivity index (χ2v) is 5.41. The minimum absolute atomic E-state index is 0.726. The average molecular weight is 233 g/mol. The maximum absolute atomic E-state index is 10.6. The summed E-state index contributed by atoms with van der Waals surface area (Å²) in [6, 6.07) is 9.97. The van der Waals surface area contributed by atoms with E-state index in [4.69, 9.17) is 0 Å². The SMILES string of the molecule is CCN(CC1CC1)CC(C)(O)c1ccccc1. The highest BCUT2D eigenvalue weighted by Crippen LogP contribution is 2.31. The number of likely N-dealkylation sites (N-methyl/N-ethyl adjacent to an activating group) is 1. The van der Waals surface area contributed by atoms with Crippen molar-refractivity contribution in [1.29, 1.82) is 0 Å². The van der Waals surface area contributed by atoms with Crippen molar-refractivity contribution in [3.05, 3.63) is 35.9 Å². The minimum atomic E-state index is -0.744. The lowest BCUT2D eigenvalue weighted by molar-refractivity contribution is 0.0160. The van der Waals surface area contributed by atoms with Gasteiger partial charge in [-0.3, -0.25) is 0 Å². The second kappa shape index (κ2) is 5.19. The van der Waals surface area contributed by atoms with Gasteiger partial charge in [0.05, 0.1) is 5.60 Å². The number of nitrogens with zero attached hydrogens (tertiary/aromatic N) is 1. The maximum atomic E-state index is 10.6. The van der Waals surface area contributed by atoms with E-state index in [9.17, 15) is 5.11 Å². The molecule has 2 rings (SSSR count). The molecular weight excluding hydrogens is 210 g/mol. The zero-order chi connectivity index (χ0) is 12.3. The van der Waals surface area contributed by atoms with Gasteiger partial charge in [-0.15, -0.1) is 0 Å². The number of hydrogen-bond donors (Lipinski definition) is 1. The minimum Gasteiger partial charge on any atom is -0.384 e. The van der Waals surface area contributed by atoms with Crippen LogP contribution in [0.1, 0.15) is 32.3 Å². The fourth-order valence-electron chi connectivity index (χ4n) is 2.29. The van der Waals surface area contributed by atoms with Crippen molar-refractivity contribution in [2.75, 3.05) is 19.6 Å². The van der Waals surface area contributed by atoms with Gasteiger partial charge >= 0.3 is 0 Å². The molecule has 1 aliphatic rings. The van der Waals surface area contributed by atoms with Crippen LogP contribution >= 0.6 is 0 Å². The molecule has 1 fully saturated rings. The standard InChI is InChI=1S/C15H23NO/c1-3-16(11-13-9-10-13)12-15(2,17)14-7-5-4-6-8-14/h4-8,13,17H,3,9-12H2,1-2H3. The van der Waals surface area contributed by atoms with Gasteiger partial charge in [0.1, 0.15) is 0 Å². The van der Waals surface area contributed by atoms with Crippen LogP contribution in [0.25, 0.3) is 0 Å². The van der Waals surface area contributed by atoms with Crippen molar-refractivity contribution in [1.82, 2.24) is 4.90 Å². The van der Waals surface area contributed by atoms with Crippen LogP contribution in [-0.4, -0.2) is 29.6 Å². The molecule has 0 saturated heterocycles. The fourth-order valence-corrected chi connectivity index (χ4v) is 2.29. The van der Waals surface area contributed by atoms with Gasteiger partial charge in [0.25, 0.3) is 0 Å². The lowest BCUT2D eigenvalue weighted by Crippen LogP contribution is -2.39. The maximum Gasteiger partial charge on any atom is 0.0994 e. The summed E-state index contributed by atoms with van der Waals surface area (Å²) < 4.78 is 0. The van der Waals surface area contributed by atoms with Gasteiger partial charge in [-0.25, -0.2) is 0 Å². The molecule has 0 bridgehead atoms. The largest absolute Gasteiger partial charge is 0.384 e. The number of rotatable bonds is 6. The Kier molecular flexibility index (Phi) is 3.85. The third-order valence-corrected chi connectivity index (χ3v) is 3.59. The van der Waals surface area contributed by atoms with Crippen molar-refractivity contribution in [2.45, 2.75) is 32.3 Å². The Morgan fingerprint density at radius 1 is 1.29 bits per heavy atom. The van der Waals surface area contributed by atoms with Gasteiger partial charge in [0, 0.05) is 13.1 Å². The predicted octanol–water partition coefficient (Wildman–Crippen LogP) is 2.63. The third kappa shape index (κ3) is 3.55. The Bertz CT molecular complexity index is 343. The Hall–Kier alpha value is -0.860. The van der Waals surface area contributed by atoms with Crippen LogP contribution in [0, 0.1) is 5.92 Å². The quantitative estimate of drug-likeness (QED) is 0.816. The topological polar surface area (TPSA) is 23.5 Å². The van der Waals surface area contributed by atoms with Gasteiger partial charge in [-0.2, -0.15) is 0 Å². The summed E-state index contributed by atoms with van der Waals surface area (Å²) in [5.41, 5.74) is 0.265. The summed E-state index contributed by atoms with van der Waals surface area (Å²) in [6.45, 7) is 6.96. The van der Waals surface area contributed by atoms with E-state index in [1.54, 1.807) is 0 Å². The number of hydrogen-bond acceptors (Lipinski definition) is 2. The molecule has 2 nitrogen and oxygen atoms in total. The Labute approximate surface area is 104 Å². The lowest BCUT2D eigenvalue weighted by atomic mass is 9.95. The van der Waals surface area contributed by atoms with E-state index in [-0.39, 0.29) is 0 Å². The highest BCUT2D eigenvalue weighted by molar-refractivity contribution is 5.21. The Balaban J connectivity index is 1.99. The van der Waals surface area contributed by atoms with E-state index >= 15 is 0 Å². The highest BCUT2D eigenvalue weighted by atomic mass is 16.3. The first-order chi connectivity index (χ1) is 8.12. The van der Waals surface area contributed by atoms with E-state index in [0.29, 0.717) is 0 Å². The summed E-state index contributed by atoms with van der Waals surface area (Å²) in [5, 5.41) is 10.6. The highest BCUT2D eigenvalue weighted by Gasteiger charge is 2.29. The van der Waals surface area contributed by atoms with Crippen molar-refractivity contribution in [2.24, 2.45) is 5.92 Å². The van der Waals surface area contributed by atoms with Gasteiger partial charge in [0.2, 0.25) is 0 Å². The second-order valence-electron chi connectivity index (χ2n) is 5.41. The summed E-state index contributed by atoms with van der Waals surface area (Å²) >= 11 is 0. The van der Waals surface area contributed by atoms with Crippen LogP contribution in [0.4, 0.5) is 0 Å².